The topological polar surface area (TPSA) is 85.2 Å². The molecule has 0 bridgehead atoms. The fourth-order valence-corrected chi connectivity index (χ4v) is 3.55. The van der Waals surface area contributed by atoms with Crippen molar-refractivity contribution in [1.29, 1.82) is 0 Å². The number of aromatic nitrogens is 3. The van der Waals surface area contributed by atoms with E-state index in [0.29, 0.717) is 0 Å². The molecule has 0 atom stereocenters. The van der Waals surface area contributed by atoms with Crippen LogP contribution in [0.3, 0.4) is 0 Å². The van der Waals surface area contributed by atoms with Crippen LogP contribution in [0.25, 0.3) is 0 Å². The maximum absolute atomic E-state index is 12.2. The van der Waals surface area contributed by atoms with Gasteiger partial charge in [-0.3, -0.25) is 9.48 Å². The van der Waals surface area contributed by atoms with E-state index in [-0.39, 0.29) is 23.5 Å². The minimum Gasteiger partial charge on any atom is -0.268 e. The first-order chi connectivity index (χ1) is 9.10. The molecular formula is C11H10N4O3S. The summed E-state index contributed by atoms with van der Waals surface area (Å²) in [5.41, 5.74) is 0.223. The zero-order valence-electron chi connectivity index (χ0n) is 9.80. The number of hydrogen-bond donors (Lipinski definition) is 0. The minimum absolute atomic E-state index is 0.0409. The first-order valence-corrected chi connectivity index (χ1v) is 7.03. The Morgan fingerprint density at radius 1 is 1.16 bits per heavy atom. The standard InChI is InChI=1S/C11H10N4O3S/c16-11-9-3-1-2-4-10(9)19(17,18)15(11)6-5-14-8-12-7-13-14/h1-4,7-8H,5-6H2. The molecule has 7 nitrogen and oxygen atoms in total. The van der Waals surface area contributed by atoms with Crippen molar-refractivity contribution < 1.29 is 13.2 Å². The summed E-state index contributed by atoms with van der Waals surface area (Å²) in [6.45, 7) is 0.318. The normalized spacial score (nSPS) is 16.6. The van der Waals surface area contributed by atoms with Crippen LogP contribution in [0.5, 0.6) is 0 Å². The third-order valence-electron chi connectivity index (χ3n) is 2.91. The largest absolute Gasteiger partial charge is 0.269 e. The summed E-state index contributed by atoms with van der Waals surface area (Å²) in [6.07, 6.45) is 2.83. The number of benzene rings is 1. The quantitative estimate of drug-likeness (QED) is 0.796. The van der Waals surface area contributed by atoms with E-state index in [4.69, 9.17) is 0 Å². The summed E-state index contributed by atoms with van der Waals surface area (Å²) in [6, 6.07) is 6.21. The highest BCUT2D eigenvalue weighted by molar-refractivity contribution is 7.90. The molecule has 1 aliphatic rings. The van der Waals surface area contributed by atoms with E-state index in [1.807, 2.05) is 0 Å². The molecule has 1 aliphatic heterocycles. The van der Waals surface area contributed by atoms with Gasteiger partial charge < -0.3 is 0 Å². The zero-order chi connectivity index (χ0) is 13.5. The van der Waals surface area contributed by atoms with Crippen LogP contribution >= 0.6 is 0 Å². The number of carbonyl (C=O) groups is 1. The Balaban J connectivity index is 1.90. The van der Waals surface area contributed by atoms with Crippen molar-refractivity contribution in [2.45, 2.75) is 11.4 Å². The van der Waals surface area contributed by atoms with Gasteiger partial charge in [-0.15, -0.1) is 0 Å². The molecular weight excluding hydrogens is 268 g/mol. The fraction of sp³-hybridized carbons (Fsp3) is 0.182. The zero-order valence-corrected chi connectivity index (χ0v) is 10.6. The van der Waals surface area contributed by atoms with Crippen molar-refractivity contribution in [2.75, 3.05) is 6.54 Å². The van der Waals surface area contributed by atoms with Gasteiger partial charge in [0.25, 0.3) is 15.9 Å². The third-order valence-corrected chi connectivity index (χ3v) is 4.75. The number of amides is 1. The molecule has 0 unspecified atom stereocenters. The highest BCUT2D eigenvalue weighted by atomic mass is 32.2. The van der Waals surface area contributed by atoms with Crippen molar-refractivity contribution in [3.63, 3.8) is 0 Å². The molecule has 0 N–H and O–H groups in total. The fourth-order valence-electron chi connectivity index (χ4n) is 1.99. The van der Waals surface area contributed by atoms with E-state index in [0.717, 1.165) is 4.31 Å². The molecule has 1 aromatic heterocycles. The molecule has 3 rings (SSSR count). The average Bonchev–Trinajstić information content (AvgIpc) is 2.97. The Morgan fingerprint density at radius 2 is 1.95 bits per heavy atom. The highest BCUT2D eigenvalue weighted by Gasteiger charge is 2.40. The van der Waals surface area contributed by atoms with Crippen molar-refractivity contribution in [3.05, 3.63) is 42.5 Å². The molecule has 1 amide bonds. The van der Waals surface area contributed by atoms with E-state index < -0.39 is 15.9 Å². The lowest BCUT2D eigenvalue weighted by Crippen LogP contribution is -2.33. The van der Waals surface area contributed by atoms with Gasteiger partial charge in [0.2, 0.25) is 0 Å². The number of fused-ring (bicyclic) bond motifs is 1. The van der Waals surface area contributed by atoms with Gasteiger partial charge in [-0.05, 0) is 12.1 Å². The molecule has 0 saturated carbocycles. The second-order valence-corrected chi connectivity index (χ2v) is 5.87. The highest BCUT2D eigenvalue weighted by Crippen LogP contribution is 2.29. The Kier molecular flexibility index (Phi) is 2.59. The number of rotatable bonds is 3. The molecule has 2 heterocycles. The molecule has 19 heavy (non-hydrogen) atoms. The van der Waals surface area contributed by atoms with E-state index >= 15 is 0 Å². The summed E-state index contributed by atoms with van der Waals surface area (Å²) < 4.78 is 26.8. The van der Waals surface area contributed by atoms with Crippen LogP contribution in [0.1, 0.15) is 10.4 Å². The molecule has 0 spiro atoms. The summed E-state index contributed by atoms with van der Waals surface area (Å²) >= 11 is 0. The Morgan fingerprint density at radius 3 is 2.63 bits per heavy atom. The Hall–Kier alpha value is -2.22. The second-order valence-electron chi connectivity index (χ2n) is 4.04. The Bertz CT molecular complexity index is 724. The first kappa shape index (κ1) is 11.8. The smallest absolute Gasteiger partial charge is 0.268 e. The molecule has 0 aliphatic carbocycles. The van der Waals surface area contributed by atoms with Gasteiger partial charge in [0.1, 0.15) is 17.6 Å². The maximum atomic E-state index is 12.2. The van der Waals surface area contributed by atoms with Crippen LogP contribution in [0.15, 0.2) is 41.8 Å². The first-order valence-electron chi connectivity index (χ1n) is 5.59. The van der Waals surface area contributed by atoms with Crippen LogP contribution in [-0.4, -0.2) is 39.9 Å². The predicted molar refractivity (Wildman–Crippen MR) is 64.7 cm³/mol. The number of sulfonamides is 1. The van der Waals surface area contributed by atoms with E-state index in [2.05, 4.69) is 10.1 Å². The molecule has 98 valence electrons. The Labute approximate surface area is 109 Å². The summed E-state index contributed by atoms with van der Waals surface area (Å²) in [4.78, 5) is 15.9. The van der Waals surface area contributed by atoms with Crippen LogP contribution < -0.4 is 0 Å². The molecule has 0 fully saturated rings. The van der Waals surface area contributed by atoms with Crippen LogP contribution in [0, 0.1) is 0 Å². The molecule has 1 aromatic carbocycles. The lowest BCUT2D eigenvalue weighted by atomic mass is 10.2. The van der Waals surface area contributed by atoms with Crippen molar-refractivity contribution >= 4 is 15.9 Å². The van der Waals surface area contributed by atoms with Crippen molar-refractivity contribution in [3.8, 4) is 0 Å². The van der Waals surface area contributed by atoms with Gasteiger partial charge in [0, 0.05) is 0 Å². The lowest BCUT2D eigenvalue weighted by Gasteiger charge is -2.14. The van der Waals surface area contributed by atoms with Gasteiger partial charge in [-0.2, -0.15) is 5.10 Å². The maximum Gasteiger partial charge on any atom is 0.269 e. The van der Waals surface area contributed by atoms with Crippen LogP contribution in [0.4, 0.5) is 0 Å². The van der Waals surface area contributed by atoms with Gasteiger partial charge >= 0.3 is 0 Å². The molecule has 0 radical (unpaired) electrons. The van der Waals surface area contributed by atoms with Crippen LogP contribution in [-0.2, 0) is 16.6 Å². The SMILES string of the molecule is O=C1c2ccccc2S(=O)(=O)N1CCn1cncn1. The van der Waals surface area contributed by atoms with Gasteiger partial charge in [-0.1, -0.05) is 12.1 Å². The summed E-state index contributed by atoms with van der Waals surface area (Å²) in [7, 11) is -3.73. The summed E-state index contributed by atoms with van der Waals surface area (Å²) in [5, 5.41) is 3.87. The van der Waals surface area contributed by atoms with E-state index in [1.165, 1.54) is 29.5 Å². The van der Waals surface area contributed by atoms with E-state index in [1.54, 1.807) is 12.1 Å². The van der Waals surface area contributed by atoms with E-state index in [9.17, 15) is 13.2 Å². The van der Waals surface area contributed by atoms with Gasteiger partial charge in [0.15, 0.2) is 0 Å². The monoisotopic (exact) mass is 278 g/mol. The van der Waals surface area contributed by atoms with Crippen molar-refractivity contribution in [2.24, 2.45) is 0 Å². The molecule has 2 aromatic rings. The number of carbonyl (C=O) groups excluding carboxylic acids is 1. The average molecular weight is 278 g/mol. The van der Waals surface area contributed by atoms with Crippen molar-refractivity contribution in [1.82, 2.24) is 19.1 Å². The predicted octanol–water partition coefficient (Wildman–Crippen LogP) is 0.123. The van der Waals surface area contributed by atoms with Gasteiger partial charge in [0.05, 0.1) is 18.7 Å². The number of nitrogens with zero attached hydrogens (tertiary/aromatic N) is 4. The molecule has 0 saturated heterocycles. The van der Waals surface area contributed by atoms with Gasteiger partial charge in [-0.25, -0.2) is 17.7 Å². The minimum atomic E-state index is -3.73. The lowest BCUT2D eigenvalue weighted by molar-refractivity contribution is 0.0867. The third kappa shape index (κ3) is 1.80. The van der Waals surface area contributed by atoms with Crippen LogP contribution in [0.2, 0.25) is 0 Å². The number of hydrogen-bond acceptors (Lipinski definition) is 5. The molecule has 8 heteroatoms. The summed E-state index contributed by atoms with van der Waals surface area (Å²) in [5.74, 6) is -0.490. The second kappa shape index (κ2) is 4.16.